The predicted octanol–water partition coefficient (Wildman–Crippen LogP) is 3.11. The number of carbonyl (C=O) groups is 1. The van der Waals surface area contributed by atoms with E-state index in [1.807, 2.05) is 29.2 Å². The molecule has 0 spiro atoms. The molecule has 7 heteroatoms. The van der Waals surface area contributed by atoms with E-state index in [1.165, 1.54) is 25.7 Å². The van der Waals surface area contributed by atoms with Crippen LogP contribution >= 0.6 is 0 Å². The Morgan fingerprint density at radius 1 is 1.00 bits per heavy atom. The third kappa shape index (κ3) is 4.23. The number of benzene rings is 1. The molecule has 1 aromatic carbocycles. The van der Waals surface area contributed by atoms with Crippen molar-refractivity contribution in [1.82, 2.24) is 4.90 Å². The molecule has 6 nitrogen and oxygen atoms in total. The number of likely N-dealkylation sites (tertiary alicyclic amines) is 1. The van der Waals surface area contributed by atoms with Crippen LogP contribution in [0.25, 0.3) is 0 Å². The zero-order valence-corrected chi connectivity index (χ0v) is 16.6. The van der Waals surface area contributed by atoms with Gasteiger partial charge in [0, 0.05) is 37.1 Å². The molecule has 2 heterocycles. The summed E-state index contributed by atoms with van der Waals surface area (Å²) in [6.07, 6.45) is 7.31. The summed E-state index contributed by atoms with van der Waals surface area (Å²) in [4.78, 5) is 17.0. The van der Waals surface area contributed by atoms with Crippen LogP contribution in [0.1, 0.15) is 38.5 Å². The topological polar surface area (TPSA) is 69.7 Å². The van der Waals surface area contributed by atoms with Crippen LogP contribution in [-0.2, 0) is 9.84 Å². The van der Waals surface area contributed by atoms with E-state index >= 15 is 0 Å². The minimum Gasteiger partial charge on any atom is -0.369 e. The molecular formula is C20H29N3O3S. The molecule has 3 aliphatic rings. The van der Waals surface area contributed by atoms with Crippen molar-refractivity contribution < 1.29 is 13.2 Å². The third-order valence-corrected chi connectivity index (χ3v) is 7.92. The molecular weight excluding hydrogens is 362 g/mol. The number of carbonyl (C=O) groups excluding carboxylic acids is 1. The lowest BCUT2D eigenvalue weighted by Crippen LogP contribution is -2.42. The van der Waals surface area contributed by atoms with Crippen molar-refractivity contribution in [2.24, 2.45) is 5.92 Å². The first-order chi connectivity index (χ1) is 13.0. The number of anilines is 2. The molecule has 0 unspecified atom stereocenters. The van der Waals surface area contributed by atoms with E-state index in [0.717, 1.165) is 30.8 Å². The molecule has 3 fully saturated rings. The van der Waals surface area contributed by atoms with Gasteiger partial charge in [0.1, 0.15) is 0 Å². The van der Waals surface area contributed by atoms with Crippen molar-refractivity contribution in [3.63, 3.8) is 0 Å². The minimum absolute atomic E-state index is 0.00257. The maximum absolute atomic E-state index is 12.9. The second-order valence-corrected chi connectivity index (χ2v) is 10.4. The fraction of sp³-hybridized carbons (Fsp3) is 0.650. The van der Waals surface area contributed by atoms with Gasteiger partial charge in [-0.3, -0.25) is 0 Å². The Hall–Kier alpha value is -1.76. The first kappa shape index (κ1) is 18.6. The quantitative estimate of drug-likeness (QED) is 0.860. The molecule has 0 bridgehead atoms. The highest BCUT2D eigenvalue weighted by Gasteiger charge is 2.36. The van der Waals surface area contributed by atoms with Crippen LogP contribution in [0, 0.1) is 5.92 Å². The van der Waals surface area contributed by atoms with Gasteiger partial charge in [0.25, 0.3) is 0 Å². The Balaban J connectivity index is 1.41. The molecule has 148 valence electrons. The van der Waals surface area contributed by atoms with E-state index in [4.69, 9.17) is 0 Å². The van der Waals surface area contributed by atoms with Gasteiger partial charge in [-0.25, -0.2) is 13.2 Å². The molecule has 1 atom stereocenters. The lowest BCUT2D eigenvalue weighted by Gasteiger charge is -2.30. The average Bonchev–Trinajstić information content (AvgIpc) is 3.33. The highest BCUT2D eigenvalue weighted by Crippen LogP contribution is 2.35. The summed E-state index contributed by atoms with van der Waals surface area (Å²) in [6.45, 7) is 1.86. The van der Waals surface area contributed by atoms with E-state index in [1.54, 1.807) is 0 Å². The Bertz CT molecular complexity index is 775. The zero-order chi connectivity index (χ0) is 18.9. The maximum Gasteiger partial charge on any atom is 0.322 e. The summed E-state index contributed by atoms with van der Waals surface area (Å²) in [5, 5.41) is 3.08. The maximum atomic E-state index is 12.9. The largest absolute Gasteiger partial charge is 0.369 e. The van der Waals surface area contributed by atoms with Gasteiger partial charge in [0.05, 0.1) is 11.5 Å². The standard InChI is InChI=1S/C20H29N3O3S/c24-20(23-10-4-9-19(23)16-5-1-2-6-16)21-17-7-3-8-18(15-17)22-11-13-27(25,26)14-12-22/h3,7-8,15-16,19H,1-2,4-6,9-14H2,(H,21,24)/t19-/m1/s1. The van der Waals surface area contributed by atoms with Gasteiger partial charge in [-0.2, -0.15) is 0 Å². The number of amides is 2. The highest BCUT2D eigenvalue weighted by atomic mass is 32.2. The number of nitrogens with one attached hydrogen (secondary N) is 1. The van der Waals surface area contributed by atoms with E-state index < -0.39 is 9.84 Å². The number of hydrogen-bond acceptors (Lipinski definition) is 4. The van der Waals surface area contributed by atoms with Crippen molar-refractivity contribution in [3.05, 3.63) is 24.3 Å². The molecule has 1 aromatic rings. The number of nitrogens with zero attached hydrogens (tertiary/aromatic N) is 2. The first-order valence-electron chi connectivity index (χ1n) is 10.1. The molecule has 2 saturated heterocycles. The van der Waals surface area contributed by atoms with Crippen LogP contribution < -0.4 is 10.2 Å². The van der Waals surface area contributed by atoms with Gasteiger partial charge in [-0.1, -0.05) is 18.9 Å². The van der Waals surface area contributed by atoms with E-state index in [2.05, 4.69) is 10.2 Å². The third-order valence-electron chi connectivity index (χ3n) is 6.31. The second-order valence-electron chi connectivity index (χ2n) is 8.07. The van der Waals surface area contributed by atoms with Crippen molar-refractivity contribution in [2.45, 2.75) is 44.6 Å². The van der Waals surface area contributed by atoms with Crippen LogP contribution in [0.2, 0.25) is 0 Å². The van der Waals surface area contributed by atoms with Crippen molar-refractivity contribution in [1.29, 1.82) is 0 Å². The summed E-state index contributed by atoms with van der Waals surface area (Å²) >= 11 is 0. The monoisotopic (exact) mass is 391 g/mol. The Labute approximate surface area is 161 Å². The van der Waals surface area contributed by atoms with Gasteiger partial charge >= 0.3 is 6.03 Å². The minimum atomic E-state index is -2.90. The molecule has 2 aliphatic heterocycles. The number of rotatable bonds is 3. The van der Waals surface area contributed by atoms with Gasteiger partial charge in [-0.05, 0) is 49.8 Å². The molecule has 1 saturated carbocycles. The zero-order valence-electron chi connectivity index (χ0n) is 15.8. The molecule has 4 rings (SSSR count). The van der Waals surface area contributed by atoms with E-state index in [9.17, 15) is 13.2 Å². The van der Waals surface area contributed by atoms with Crippen molar-refractivity contribution in [2.75, 3.05) is 41.4 Å². The Kier molecular flexibility index (Phi) is 5.30. The van der Waals surface area contributed by atoms with Crippen LogP contribution in [0.15, 0.2) is 24.3 Å². The number of hydrogen-bond donors (Lipinski definition) is 1. The fourth-order valence-electron chi connectivity index (χ4n) is 4.82. The first-order valence-corrected chi connectivity index (χ1v) is 12.0. The highest BCUT2D eigenvalue weighted by molar-refractivity contribution is 7.91. The lowest BCUT2D eigenvalue weighted by molar-refractivity contribution is 0.185. The summed E-state index contributed by atoms with van der Waals surface area (Å²) in [5.41, 5.74) is 1.75. The van der Waals surface area contributed by atoms with E-state index in [-0.39, 0.29) is 17.5 Å². The van der Waals surface area contributed by atoms with Gasteiger partial charge in [-0.15, -0.1) is 0 Å². The summed E-state index contributed by atoms with van der Waals surface area (Å²) in [6, 6.07) is 8.15. The average molecular weight is 392 g/mol. The van der Waals surface area contributed by atoms with E-state index in [0.29, 0.717) is 25.0 Å². The van der Waals surface area contributed by atoms with Gasteiger partial charge in [0.15, 0.2) is 9.84 Å². The molecule has 27 heavy (non-hydrogen) atoms. The van der Waals surface area contributed by atoms with Crippen LogP contribution in [0.4, 0.5) is 16.2 Å². The summed E-state index contributed by atoms with van der Waals surface area (Å²) in [7, 11) is -2.90. The smallest absolute Gasteiger partial charge is 0.322 e. The van der Waals surface area contributed by atoms with Crippen molar-refractivity contribution in [3.8, 4) is 0 Å². The fourth-order valence-corrected chi connectivity index (χ4v) is 6.02. The predicted molar refractivity (Wildman–Crippen MR) is 108 cm³/mol. The van der Waals surface area contributed by atoms with Crippen LogP contribution in [0.5, 0.6) is 0 Å². The SMILES string of the molecule is O=C(Nc1cccc(N2CCS(=O)(=O)CC2)c1)N1CCC[C@@H]1C1CCCC1. The second kappa shape index (κ2) is 7.70. The summed E-state index contributed by atoms with van der Waals surface area (Å²) < 4.78 is 23.3. The Morgan fingerprint density at radius 2 is 1.74 bits per heavy atom. The summed E-state index contributed by atoms with van der Waals surface area (Å²) in [5.74, 6) is 1.06. The lowest BCUT2D eigenvalue weighted by atomic mass is 9.96. The van der Waals surface area contributed by atoms with Crippen LogP contribution in [-0.4, -0.2) is 56.5 Å². The molecule has 1 aliphatic carbocycles. The molecule has 0 aromatic heterocycles. The van der Waals surface area contributed by atoms with Crippen LogP contribution in [0.3, 0.4) is 0 Å². The molecule has 1 N–H and O–H groups in total. The Morgan fingerprint density at radius 3 is 2.48 bits per heavy atom. The van der Waals surface area contributed by atoms with Crippen molar-refractivity contribution >= 4 is 27.2 Å². The van der Waals surface area contributed by atoms with Gasteiger partial charge < -0.3 is 15.1 Å². The molecule has 2 amide bonds. The normalized spacial score (nSPS) is 25.7. The number of urea groups is 1. The van der Waals surface area contributed by atoms with Gasteiger partial charge in [0.2, 0.25) is 0 Å². The molecule has 0 radical (unpaired) electrons. The number of sulfone groups is 1.